The van der Waals surface area contributed by atoms with Crippen LogP contribution >= 0.6 is 23.1 Å². The van der Waals surface area contributed by atoms with Gasteiger partial charge in [-0.1, -0.05) is 11.3 Å². The fraction of sp³-hybridized carbons (Fsp3) is 0.500. The van der Waals surface area contributed by atoms with Crippen molar-refractivity contribution in [2.75, 3.05) is 25.9 Å². The predicted molar refractivity (Wildman–Crippen MR) is 91.6 cm³/mol. The normalized spacial score (nSPS) is 15.6. The molecule has 1 aliphatic rings. The van der Waals surface area contributed by atoms with Gasteiger partial charge in [0.15, 0.2) is 5.01 Å². The van der Waals surface area contributed by atoms with Crippen molar-refractivity contribution in [3.8, 4) is 0 Å². The number of carbonyl (C=O) groups is 2. The number of amides is 2. The minimum Gasteiger partial charge on any atom is -0.465 e. The van der Waals surface area contributed by atoms with Gasteiger partial charge in [0.05, 0.1) is 0 Å². The Balaban J connectivity index is 1.59. The van der Waals surface area contributed by atoms with E-state index in [0.717, 1.165) is 17.9 Å². The molecular weight excluding hydrogens is 350 g/mol. The van der Waals surface area contributed by atoms with E-state index in [0.29, 0.717) is 40.9 Å². The quantitative estimate of drug-likeness (QED) is 0.628. The summed E-state index contributed by atoms with van der Waals surface area (Å²) >= 11 is 2.72. The highest BCUT2D eigenvalue weighted by Crippen LogP contribution is 2.26. The zero-order valence-corrected chi connectivity index (χ0v) is 14.7. The number of hydrogen-bond donors (Lipinski definition) is 2. The molecule has 1 aliphatic heterocycles. The van der Waals surface area contributed by atoms with Crippen LogP contribution in [-0.4, -0.2) is 62.8 Å². The number of hydrogen-bond acceptors (Lipinski definition) is 7. The number of likely N-dealkylation sites (tertiary alicyclic amines) is 1. The summed E-state index contributed by atoms with van der Waals surface area (Å²) in [5.41, 5.74) is 0.662. The van der Waals surface area contributed by atoms with Crippen LogP contribution in [-0.2, 0) is 0 Å². The molecule has 24 heavy (non-hydrogen) atoms. The molecule has 0 spiro atoms. The Bertz CT molecular complexity index is 758. The van der Waals surface area contributed by atoms with Crippen molar-refractivity contribution in [1.82, 2.24) is 25.2 Å². The smallest absolute Gasteiger partial charge is 0.407 e. The Morgan fingerprint density at radius 2 is 2.17 bits per heavy atom. The SMILES string of the molecule is CSc1ncnc2sc(C(=O)NCC3CCN(C(=O)O)CC3)nc12. The van der Waals surface area contributed by atoms with Crippen LogP contribution in [0, 0.1) is 5.92 Å². The van der Waals surface area contributed by atoms with Gasteiger partial charge in [0, 0.05) is 19.6 Å². The van der Waals surface area contributed by atoms with Crippen molar-refractivity contribution in [2.45, 2.75) is 17.9 Å². The second kappa shape index (κ2) is 7.31. The highest BCUT2D eigenvalue weighted by atomic mass is 32.2. The molecule has 0 saturated carbocycles. The molecule has 128 valence electrons. The van der Waals surface area contributed by atoms with E-state index in [9.17, 15) is 9.59 Å². The largest absolute Gasteiger partial charge is 0.465 e. The number of thioether (sulfide) groups is 1. The monoisotopic (exact) mass is 367 g/mol. The summed E-state index contributed by atoms with van der Waals surface area (Å²) in [6, 6.07) is 0. The maximum absolute atomic E-state index is 12.3. The zero-order chi connectivity index (χ0) is 17.1. The first-order valence-corrected chi connectivity index (χ1v) is 9.54. The molecule has 0 aromatic carbocycles. The van der Waals surface area contributed by atoms with Gasteiger partial charge < -0.3 is 15.3 Å². The van der Waals surface area contributed by atoms with Crippen molar-refractivity contribution < 1.29 is 14.7 Å². The zero-order valence-electron chi connectivity index (χ0n) is 13.1. The average Bonchev–Trinajstić information content (AvgIpc) is 3.04. The number of fused-ring (bicyclic) bond motifs is 1. The number of aromatic nitrogens is 3. The Morgan fingerprint density at radius 3 is 2.83 bits per heavy atom. The van der Waals surface area contributed by atoms with Crippen LogP contribution in [0.5, 0.6) is 0 Å². The second-order valence-electron chi connectivity index (χ2n) is 5.48. The van der Waals surface area contributed by atoms with Gasteiger partial charge in [0.2, 0.25) is 0 Å². The van der Waals surface area contributed by atoms with Crippen LogP contribution in [0.4, 0.5) is 4.79 Å². The molecule has 0 bridgehead atoms. The van der Waals surface area contributed by atoms with Crippen molar-refractivity contribution >= 4 is 45.4 Å². The first-order chi connectivity index (χ1) is 11.6. The molecule has 0 unspecified atom stereocenters. The summed E-state index contributed by atoms with van der Waals surface area (Å²) < 4.78 is 0. The van der Waals surface area contributed by atoms with Crippen molar-refractivity contribution in [2.24, 2.45) is 5.92 Å². The van der Waals surface area contributed by atoms with Crippen molar-refractivity contribution in [1.29, 1.82) is 0 Å². The number of nitrogens with one attached hydrogen (secondary N) is 1. The Kier molecular flexibility index (Phi) is 5.14. The first-order valence-electron chi connectivity index (χ1n) is 7.50. The van der Waals surface area contributed by atoms with E-state index in [-0.39, 0.29) is 5.91 Å². The molecule has 2 aromatic heterocycles. The van der Waals surface area contributed by atoms with Gasteiger partial charge in [-0.15, -0.1) is 11.8 Å². The van der Waals surface area contributed by atoms with Crippen LogP contribution < -0.4 is 5.32 Å². The minimum absolute atomic E-state index is 0.217. The lowest BCUT2D eigenvalue weighted by molar-refractivity contribution is 0.0928. The highest BCUT2D eigenvalue weighted by molar-refractivity contribution is 7.98. The summed E-state index contributed by atoms with van der Waals surface area (Å²) in [7, 11) is 0. The summed E-state index contributed by atoms with van der Waals surface area (Å²) in [6.07, 6.45) is 4.02. The van der Waals surface area contributed by atoms with Crippen LogP contribution in [0.1, 0.15) is 22.6 Å². The van der Waals surface area contributed by atoms with Gasteiger partial charge in [-0.25, -0.2) is 19.7 Å². The first kappa shape index (κ1) is 16.9. The Morgan fingerprint density at radius 1 is 1.42 bits per heavy atom. The summed E-state index contributed by atoms with van der Waals surface area (Å²) in [5, 5.41) is 13.0. The van der Waals surface area contributed by atoms with E-state index in [2.05, 4.69) is 20.3 Å². The van der Waals surface area contributed by atoms with Crippen LogP contribution in [0.25, 0.3) is 10.3 Å². The summed E-state index contributed by atoms with van der Waals surface area (Å²) in [5.74, 6) is 0.0752. The number of thiazole rings is 1. The molecule has 0 radical (unpaired) electrons. The summed E-state index contributed by atoms with van der Waals surface area (Å²) in [6.45, 7) is 1.57. The molecule has 8 nitrogen and oxygen atoms in total. The highest BCUT2D eigenvalue weighted by Gasteiger charge is 2.23. The van der Waals surface area contributed by atoms with E-state index in [1.165, 1.54) is 34.3 Å². The molecule has 1 saturated heterocycles. The average molecular weight is 367 g/mol. The molecule has 3 rings (SSSR count). The third-order valence-corrected chi connectivity index (χ3v) is 5.63. The second-order valence-corrected chi connectivity index (χ2v) is 7.25. The van der Waals surface area contributed by atoms with Crippen LogP contribution in [0.3, 0.4) is 0 Å². The molecule has 3 heterocycles. The molecule has 2 aromatic rings. The van der Waals surface area contributed by atoms with E-state index in [1.54, 1.807) is 0 Å². The number of nitrogens with zero attached hydrogens (tertiary/aromatic N) is 4. The maximum atomic E-state index is 12.3. The van der Waals surface area contributed by atoms with Gasteiger partial charge in [0.25, 0.3) is 5.91 Å². The van der Waals surface area contributed by atoms with Gasteiger partial charge in [-0.3, -0.25) is 4.79 Å². The molecule has 2 amide bonds. The summed E-state index contributed by atoms with van der Waals surface area (Å²) in [4.78, 5) is 38.0. The van der Waals surface area contributed by atoms with Crippen molar-refractivity contribution in [3.63, 3.8) is 0 Å². The maximum Gasteiger partial charge on any atom is 0.407 e. The molecule has 1 fully saturated rings. The fourth-order valence-electron chi connectivity index (χ4n) is 2.62. The lowest BCUT2D eigenvalue weighted by Gasteiger charge is -2.29. The molecule has 10 heteroatoms. The standard InChI is InChI=1S/C14H17N5O3S2/c1-23-11-9-12(17-7-16-11)24-13(18-9)10(20)15-6-8-2-4-19(5-3-8)14(21)22/h7-8H,2-6H2,1H3,(H,15,20)(H,21,22). The Hall–Kier alpha value is -1.94. The van der Waals surface area contributed by atoms with Gasteiger partial charge in [-0.2, -0.15) is 0 Å². The number of piperidine rings is 1. The van der Waals surface area contributed by atoms with E-state index in [1.807, 2.05) is 6.26 Å². The predicted octanol–water partition coefficient (Wildman–Crippen LogP) is 1.93. The van der Waals surface area contributed by atoms with E-state index >= 15 is 0 Å². The Labute approximate surface area is 146 Å². The van der Waals surface area contributed by atoms with Gasteiger partial charge >= 0.3 is 6.09 Å². The third-order valence-electron chi connectivity index (χ3n) is 3.99. The van der Waals surface area contributed by atoms with Gasteiger partial charge in [-0.05, 0) is 25.0 Å². The number of carbonyl (C=O) groups excluding carboxylic acids is 1. The lowest BCUT2D eigenvalue weighted by atomic mass is 9.97. The molecule has 0 atom stereocenters. The molecule has 0 aliphatic carbocycles. The van der Waals surface area contributed by atoms with Crippen LogP contribution in [0.2, 0.25) is 0 Å². The van der Waals surface area contributed by atoms with Crippen LogP contribution in [0.15, 0.2) is 11.4 Å². The number of carboxylic acid groups (broad SMARTS) is 1. The van der Waals surface area contributed by atoms with E-state index < -0.39 is 6.09 Å². The fourth-order valence-corrected chi connectivity index (χ4v) is 4.00. The molecule has 2 N–H and O–H groups in total. The van der Waals surface area contributed by atoms with Crippen molar-refractivity contribution in [3.05, 3.63) is 11.3 Å². The third kappa shape index (κ3) is 3.59. The molecular formula is C14H17N5O3S2. The minimum atomic E-state index is -0.877. The number of rotatable bonds is 4. The van der Waals surface area contributed by atoms with E-state index in [4.69, 9.17) is 5.11 Å². The van der Waals surface area contributed by atoms with Gasteiger partial charge in [0.1, 0.15) is 21.7 Å². The lowest BCUT2D eigenvalue weighted by Crippen LogP contribution is -2.40. The topological polar surface area (TPSA) is 108 Å².